The molecule has 5 aliphatic rings. The minimum Gasteiger partial charge on any atom is -0.390 e. The van der Waals surface area contributed by atoms with E-state index in [-0.39, 0.29) is 18.1 Å². The molecule has 0 aromatic rings. The number of nitrogens with one attached hydrogen (secondary N) is 2. The van der Waals surface area contributed by atoms with Crippen LogP contribution in [0.25, 0.3) is 0 Å². The Kier molecular flexibility index (Phi) is 5.52. The molecule has 6 unspecified atom stereocenters. The smallest absolute Gasteiger partial charge is 0.141 e. The topological polar surface area (TPSA) is 97.2 Å². The van der Waals surface area contributed by atoms with E-state index >= 15 is 0 Å². The fraction of sp³-hybridized carbons (Fsp3) is 0.909. The van der Waals surface area contributed by atoms with E-state index in [0.29, 0.717) is 12.6 Å². The number of rotatable bonds is 4. The molecule has 5 fully saturated rings. The Balaban J connectivity index is 1.27. The first-order valence-corrected chi connectivity index (χ1v) is 11.5. The summed E-state index contributed by atoms with van der Waals surface area (Å²) in [5.74, 6) is 2.10. The minimum absolute atomic E-state index is 0.0751. The Bertz CT molecular complexity index is 633. The van der Waals surface area contributed by atoms with Crippen LogP contribution in [-0.4, -0.2) is 76.3 Å². The van der Waals surface area contributed by atoms with Crippen molar-refractivity contribution in [3.8, 4) is 0 Å². The van der Waals surface area contributed by atoms with E-state index in [1.807, 2.05) is 0 Å². The minimum atomic E-state index is -1.05. The fourth-order valence-corrected chi connectivity index (χ4v) is 6.79. The van der Waals surface area contributed by atoms with Gasteiger partial charge in [-0.2, -0.15) is 0 Å². The van der Waals surface area contributed by atoms with Crippen LogP contribution in [-0.2, 0) is 4.74 Å². The van der Waals surface area contributed by atoms with Gasteiger partial charge in [-0.15, -0.1) is 0 Å². The van der Waals surface area contributed by atoms with Gasteiger partial charge in [-0.25, -0.2) is 0 Å². The van der Waals surface area contributed by atoms with Gasteiger partial charge in [0.2, 0.25) is 0 Å². The Labute approximate surface area is 173 Å². The molecule has 0 radical (unpaired) electrons. The van der Waals surface area contributed by atoms with Crippen molar-refractivity contribution in [3.05, 3.63) is 12.2 Å². The van der Waals surface area contributed by atoms with E-state index in [1.54, 1.807) is 0 Å². The number of likely N-dealkylation sites (tertiary alicyclic amines) is 1. The summed E-state index contributed by atoms with van der Waals surface area (Å²) in [6, 6.07) is 0.244. The second kappa shape index (κ2) is 7.86. The number of fused-ring (bicyclic) bond motifs is 2. The lowest BCUT2D eigenvalue weighted by molar-refractivity contribution is -0.141. The third-order valence-corrected chi connectivity index (χ3v) is 8.59. The first-order valence-electron chi connectivity index (χ1n) is 11.5. The Hall–Kier alpha value is -0.540. The molecule has 0 aromatic heterocycles. The third-order valence-electron chi connectivity index (χ3n) is 8.59. The molecular formula is C22H37N3O4. The normalized spacial score (nSPS) is 51.2. The van der Waals surface area contributed by atoms with Crippen LogP contribution < -0.4 is 10.6 Å². The van der Waals surface area contributed by atoms with Crippen molar-refractivity contribution in [2.45, 2.75) is 88.3 Å². The highest BCUT2D eigenvalue weighted by Gasteiger charge is 2.54. The van der Waals surface area contributed by atoms with Crippen molar-refractivity contribution in [1.82, 2.24) is 15.5 Å². The zero-order valence-corrected chi connectivity index (χ0v) is 17.4. The molecule has 2 saturated carbocycles. The average Bonchev–Trinajstić information content (AvgIpc) is 3.23. The summed E-state index contributed by atoms with van der Waals surface area (Å²) in [6.07, 6.45) is 2.79. The SMILES string of the molecule is C=C(C)C1NCNC2C1CCN2[C@@H]1O[C@H]([C@H](O)C2CCC3CCC3C2)[C@@H](O)[C@H]1O. The van der Waals surface area contributed by atoms with Crippen molar-refractivity contribution in [2.24, 2.45) is 23.7 Å². The second-order valence-electron chi connectivity index (χ2n) is 10.2. The molecule has 2 aliphatic carbocycles. The lowest BCUT2D eigenvalue weighted by Crippen LogP contribution is -2.62. The maximum Gasteiger partial charge on any atom is 0.141 e. The molecule has 0 bridgehead atoms. The first kappa shape index (κ1) is 20.4. The highest BCUT2D eigenvalue weighted by atomic mass is 16.6. The first-order chi connectivity index (χ1) is 14.0. The lowest BCUT2D eigenvalue weighted by Gasteiger charge is -2.45. The van der Waals surface area contributed by atoms with Gasteiger partial charge in [0.15, 0.2) is 0 Å². The Morgan fingerprint density at radius 2 is 1.83 bits per heavy atom. The number of aliphatic hydroxyl groups is 3. The van der Waals surface area contributed by atoms with E-state index in [2.05, 4.69) is 29.0 Å². The van der Waals surface area contributed by atoms with Crippen molar-refractivity contribution in [2.75, 3.05) is 13.2 Å². The van der Waals surface area contributed by atoms with Crippen LogP contribution in [0.5, 0.6) is 0 Å². The molecule has 7 nitrogen and oxygen atoms in total. The van der Waals surface area contributed by atoms with E-state index < -0.39 is 30.6 Å². The predicted molar refractivity (Wildman–Crippen MR) is 109 cm³/mol. The maximum atomic E-state index is 11.0. The summed E-state index contributed by atoms with van der Waals surface area (Å²) >= 11 is 0. The lowest BCUT2D eigenvalue weighted by atomic mass is 9.61. The van der Waals surface area contributed by atoms with Gasteiger partial charge < -0.3 is 20.1 Å². The second-order valence-corrected chi connectivity index (χ2v) is 10.2. The molecule has 11 atom stereocenters. The van der Waals surface area contributed by atoms with Crippen LogP contribution in [0.1, 0.15) is 45.4 Å². The van der Waals surface area contributed by atoms with E-state index in [9.17, 15) is 15.3 Å². The van der Waals surface area contributed by atoms with Gasteiger partial charge in [0, 0.05) is 25.2 Å². The zero-order valence-electron chi connectivity index (χ0n) is 17.4. The summed E-state index contributed by atoms with van der Waals surface area (Å²) in [5, 5.41) is 39.6. The van der Waals surface area contributed by atoms with Crippen LogP contribution in [0.4, 0.5) is 0 Å². The molecule has 3 aliphatic heterocycles. The predicted octanol–water partition coefficient (Wildman–Crippen LogP) is 0.363. The van der Waals surface area contributed by atoms with Crippen LogP contribution in [0.2, 0.25) is 0 Å². The van der Waals surface area contributed by atoms with Crippen LogP contribution >= 0.6 is 0 Å². The monoisotopic (exact) mass is 407 g/mol. The van der Waals surface area contributed by atoms with Gasteiger partial charge in [0.05, 0.1) is 12.3 Å². The van der Waals surface area contributed by atoms with Crippen molar-refractivity contribution < 1.29 is 20.1 Å². The molecule has 7 heteroatoms. The number of hydrogen-bond donors (Lipinski definition) is 5. The zero-order chi connectivity index (χ0) is 20.3. The average molecular weight is 408 g/mol. The molecule has 0 amide bonds. The van der Waals surface area contributed by atoms with Gasteiger partial charge in [0.1, 0.15) is 24.5 Å². The van der Waals surface area contributed by atoms with Gasteiger partial charge in [-0.3, -0.25) is 15.5 Å². The van der Waals surface area contributed by atoms with Crippen LogP contribution in [0.3, 0.4) is 0 Å². The van der Waals surface area contributed by atoms with Crippen LogP contribution in [0.15, 0.2) is 12.2 Å². The highest BCUT2D eigenvalue weighted by Crippen LogP contribution is 2.48. The molecule has 0 spiro atoms. The molecule has 0 aromatic carbocycles. The largest absolute Gasteiger partial charge is 0.390 e. The quantitative estimate of drug-likeness (QED) is 0.430. The maximum absolute atomic E-state index is 11.0. The number of aliphatic hydroxyl groups excluding tert-OH is 3. The Morgan fingerprint density at radius 1 is 1.07 bits per heavy atom. The summed E-state index contributed by atoms with van der Waals surface area (Å²) in [4.78, 5) is 2.14. The fourth-order valence-electron chi connectivity index (χ4n) is 6.79. The Morgan fingerprint density at radius 3 is 2.52 bits per heavy atom. The molecular weight excluding hydrogens is 370 g/mol. The molecule has 5 N–H and O–H groups in total. The van der Waals surface area contributed by atoms with Gasteiger partial charge in [-0.05, 0) is 63.2 Å². The van der Waals surface area contributed by atoms with Crippen molar-refractivity contribution >= 4 is 0 Å². The molecule has 3 heterocycles. The van der Waals surface area contributed by atoms with Gasteiger partial charge in [0.25, 0.3) is 0 Å². The highest BCUT2D eigenvalue weighted by molar-refractivity contribution is 5.11. The van der Waals surface area contributed by atoms with E-state index in [4.69, 9.17) is 4.74 Å². The summed E-state index contributed by atoms with van der Waals surface area (Å²) in [6.45, 7) is 7.65. The number of ether oxygens (including phenoxy) is 1. The molecule has 164 valence electrons. The van der Waals surface area contributed by atoms with Crippen molar-refractivity contribution in [1.29, 1.82) is 0 Å². The summed E-state index contributed by atoms with van der Waals surface area (Å²) < 4.78 is 6.20. The molecule has 29 heavy (non-hydrogen) atoms. The summed E-state index contributed by atoms with van der Waals surface area (Å²) in [7, 11) is 0. The van der Waals surface area contributed by atoms with Gasteiger partial charge in [-0.1, -0.05) is 12.2 Å². The van der Waals surface area contributed by atoms with Crippen molar-refractivity contribution in [3.63, 3.8) is 0 Å². The summed E-state index contributed by atoms with van der Waals surface area (Å²) in [5.41, 5.74) is 1.12. The van der Waals surface area contributed by atoms with Gasteiger partial charge >= 0.3 is 0 Å². The standard InChI is InChI=1S/C22H37N3O4/c1-11(2)16-15-7-8-25(21(15)24-10-23-16)22-19(28)18(27)20(29-22)17(26)14-6-4-12-3-5-13(12)9-14/h12-24,26-28H,1,3-10H2,2H3/t12?,13?,14?,15?,16?,17-,18+,19-,20-,21?,22-/m1/s1. The third kappa shape index (κ3) is 3.39. The number of nitrogens with zero attached hydrogens (tertiary/aromatic N) is 1. The molecule has 3 saturated heterocycles. The number of hydrogen-bond acceptors (Lipinski definition) is 7. The van der Waals surface area contributed by atoms with E-state index in [1.165, 1.54) is 19.3 Å². The van der Waals surface area contributed by atoms with Crippen LogP contribution in [0, 0.1) is 23.7 Å². The molecule has 5 rings (SSSR count). The van der Waals surface area contributed by atoms with E-state index in [0.717, 1.165) is 43.2 Å².